The lowest BCUT2D eigenvalue weighted by atomic mass is 9.60. The van der Waals surface area contributed by atoms with Crippen molar-refractivity contribution in [3.63, 3.8) is 0 Å². The van der Waals surface area contributed by atoms with E-state index in [0.717, 1.165) is 17.5 Å². The highest BCUT2D eigenvalue weighted by Gasteiger charge is 2.55. The van der Waals surface area contributed by atoms with Gasteiger partial charge in [0, 0.05) is 0 Å². The standard InChI is InChI=1S/C16H20O3/c1-4-10-16(18)13-8-6-5-7-12(13)9-11-15(16,2)14(17)19-3/h4-8,18H,1,9-11H2,2-3H3. The fourth-order valence-corrected chi connectivity index (χ4v) is 3.07. The highest BCUT2D eigenvalue weighted by atomic mass is 16.5. The predicted octanol–water partition coefficient (Wildman–Crippen LogP) is 2.58. The first kappa shape index (κ1) is 13.8. The molecule has 3 nitrogen and oxygen atoms in total. The summed E-state index contributed by atoms with van der Waals surface area (Å²) in [5, 5.41) is 11.2. The molecule has 1 aromatic rings. The SMILES string of the molecule is C=CCC1(O)c2ccccc2CCC1(C)C(=O)OC. The van der Waals surface area contributed by atoms with Crippen LogP contribution >= 0.6 is 0 Å². The third kappa shape index (κ3) is 1.89. The number of aliphatic hydroxyl groups is 1. The van der Waals surface area contributed by atoms with Crippen molar-refractivity contribution in [3.8, 4) is 0 Å². The lowest BCUT2D eigenvalue weighted by Gasteiger charge is -2.47. The van der Waals surface area contributed by atoms with E-state index in [-0.39, 0.29) is 5.97 Å². The number of carbonyl (C=O) groups excluding carboxylic acids is 1. The van der Waals surface area contributed by atoms with Gasteiger partial charge in [-0.25, -0.2) is 0 Å². The Bertz CT molecular complexity index is 508. The summed E-state index contributed by atoms with van der Waals surface area (Å²) in [5.74, 6) is -0.369. The van der Waals surface area contributed by atoms with E-state index in [4.69, 9.17) is 4.74 Å². The zero-order valence-electron chi connectivity index (χ0n) is 11.5. The van der Waals surface area contributed by atoms with E-state index < -0.39 is 11.0 Å². The summed E-state index contributed by atoms with van der Waals surface area (Å²) in [5.41, 5.74) is -0.289. The number of esters is 1. The maximum Gasteiger partial charge on any atom is 0.314 e. The van der Waals surface area contributed by atoms with E-state index in [1.165, 1.54) is 7.11 Å². The van der Waals surface area contributed by atoms with Gasteiger partial charge < -0.3 is 9.84 Å². The summed E-state index contributed by atoms with van der Waals surface area (Å²) in [6.07, 6.45) is 3.32. The predicted molar refractivity (Wildman–Crippen MR) is 73.6 cm³/mol. The fourth-order valence-electron chi connectivity index (χ4n) is 3.07. The lowest BCUT2D eigenvalue weighted by Crippen LogP contribution is -2.52. The Morgan fingerprint density at radius 1 is 1.53 bits per heavy atom. The molecule has 0 fully saturated rings. The number of rotatable bonds is 3. The van der Waals surface area contributed by atoms with Crippen LogP contribution in [0.2, 0.25) is 0 Å². The number of benzene rings is 1. The van der Waals surface area contributed by atoms with Gasteiger partial charge in [0.15, 0.2) is 0 Å². The first-order valence-corrected chi connectivity index (χ1v) is 6.49. The van der Waals surface area contributed by atoms with Gasteiger partial charge in [-0.2, -0.15) is 0 Å². The van der Waals surface area contributed by atoms with Crippen LogP contribution in [0.5, 0.6) is 0 Å². The molecule has 1 aliphatic rings. The van der Waals surface area contributed by atoms with Gasteiger partial charge in [0.1, 0.15) is 5.60 Å². The van der Waals surface area contributed by atoms with Crippen molar-refractivity contribution in [1.82, 2.24) is 0 Å². The van der Waals surface area contributed by atoms with Crippen molar-refractivity contribution >= 4 is 5.97 Å². The number of aryl methyl sites for hydroxylation is 1. The highest BCUT2D eigenvalue weighted by Crippen LogP contribution is 2.51. The molecule has 19 heavy (non-hydrogen) atoms. The van der Waals surface area contributed by atoms with E-state index in [0.29, 0.717) is 12.8 Å². The van der Waals surface area contributed by atoms with E-state index in [9.17, 15) is 9.90 Å². The minimum Gasteiger partial charge on any atom is -0.469 e. The molecule has 1 N–H and O–H groups in total. The van der Waals surface area contributed by atoms with Crippen LogP contribution in [0.3, 0.4) is 0 Å². The molecule has 0 spiro atoms. The van der Waals surface area contributed by atoms with Crippen molar-refractivity contribution in [2.45, 2.75) is 31.8 Å². The van der Waals surface area contributed by atoms with E-state index >= 15 is 0 Å². The Balaban J connectivity index is 2.61. The van der Waals surface area contributed by atoms with Crippen molar-refractivity contribution < 1.29 is 14.6 Å². The van der Waals surface area contributed by atoms with Crippen molar-refractivity contribution in [1.29, 1.82) is 0 Å². The number of methoxy groups -OCH3 is 1. The summed E-state index contributed by atoms with van der Waals surface area (Å²) in [7, 11) is 1.36. The number of hydrogen-bond donors (Lipinski definition) is 1. The number of carbonyl (C=O) groups is 1. The zero-order chi connectivity index (χ0) is 14.1. The van der Waals surface area contributed by atoms with E-state index in [1.54, 1.807) is 13.0 Å². The van der Waals surface area contributed by atoms with E-state index in [2.05, 4.69) is 6.58 Å². The molecule has 0 heterocycles. The molecular weight excluding hydrogens is 240 g/mol. The number of fused-ring (bicyclic) bond motifs is 1. The molecular formula is C16H20O3. The van der Waals surface area contributed by atoms with Crippen molar-refractivity contribution in [2.24, 2.45) is 5.41 Å². The second-order valence-electron chi connectivity index (χ2n) is 5.33. The molecule has 0 bridgehead atoms. The molecule has 0 aromatic heterocycles. The zero-order valence-corrected chi connectivity index (χ0v) is 11.5. The molecule has 2 rings (SSSR count). The van der Waals surface area contributed by atoms with Crippen molar-refractivity contribution in [3.05, 3.63) is 48.0 Å². The monoisotopic (exact) mass is 260 g/mol. The molecule has 1 aromatic carbocycles. The topological polar surface area (TPSA) is 46.5 Å². The summed E-state index contributed by atoms with van der Waals surface area (Å²) >= 11 is 0. The smallest absolute Gasteiger partial charge is 0.314 e. The second kappa shape index (κ2) is 4.82. The van der Waals surface area contributed by atoms with Gasteiger partial charge in [-0.15, -0.1) is 6.58 Å². The maximum absolute atomic E-state index is 12.2. The van der Waals surface area contributed by atoms with Gasteiger partial charge in [-0.05, 0) is 37.3 Å². The largest absolute Gasteiger partial charge is 0.469 e. The first-order valence-electron chi connectivity index (χ1n) is 6.49. The Labute approximate surface area is 113 Å². The Kier molecular flexibility index (Phi) is 3.50. The minimum absolute atomic E-state index is 0.329. The van der Waals surface area contributed by atoms with Crippen LogP contribution in [0.4, 0.5) is 0 Å². The van der Waals surface area contributed by atoms with Crippen LogP contribution < -0.4 is 0 Å². The number of hydrogen-bond acceptors (Lipinski definition) is 3. The lowest BCUT2D eigenvalue weighted by molar-refractivity contribution is -0.175. The molecule has 3 heteroatoms. The summed E-state index contributed by atoms with van der Waals surface area (Å²) in [6, 6.07) is 7.73. The molecule has 0 saturated carbocycles. The Morgan fingerprint density at radius 2 is 2.21 bits per heavy atom. The van der Waals surface area contributed by atoms with Gasteiger partial charge in [0.25, 0.3) is 0 Å². The normalized spacial score (nSPS) is 29.4. The maximum atomic E-state index is 12.2. The van der Waals surface area contributed by atoms with Gasteiger partial charge >= 0.3 is 5.97 Å². The first-order chi connectivity index (χ1) is 8.99. The molecule has 0 amide bonds. The summed E-state index contributed by atoms with van der Waals surface area (Å²) in [6.45, 7) is 5.49. The molecule has 0 radical (unpaired) electrons. The molecule has 0 aliphatic heterocycles. The molecule has 2 atom stereocenters. The summed E-state index contributed by atoms with van der Waals surface area (Å²) < 4.78 is 4.92. The molecule has 2 unspecified atom stereocenters. The van der Waals surface area contributed by atoms with Crippen LogP contribution in [0.1, 0.15) is 30.9 Å². The molecule has 1 aliphatic carbocycles. The van der Waals surface area contributed by atoms with Gasteiger partial charge in [-0.3, -0.25) is 4.79 Å². The third-order valence-corrected chi connectivity index (χ3v) is 4.35. The minimum atomic E-state index is -1.25. The molecule has 102 valence electrons. The third-order valence-electron chi connectivity index (χ3n) is 4.35. The summed E-state index contributed by atoms with van der Waals surface area (Å²) in [4.78, 5) is 12.2. The number of ether oxygens (including phenoxy) is 1. The quantitative estimate of drug-likeness (QED) is 0.671. The Morgan fingerprint density at radius 3 is 2.84 bits per heavy atom. The average molecular weight is 260 g/mol. The molecule has 0 saturated heterocycles. The van der Waals surface area contributed by atoms with Crippen molar-refractivity contribution in [2.75, 3.05) is 7.11 Å². The van der Waals surface area contributed by atoms with Crippen LogP contribution in [-0.2, 0) is 21.6 Å². The van der Waals surface area contributed by atoms with Gasteiger partial charge in [0.2, 0.25) is 0 Å². The van der Waals surface area contributed by atoms with E-state index in [1.807, 2.05) is 24.3 Å². The fraction of sp³-hybridized carbons (Fsp3) is 0.438. The van der Waals surface area contributed by atoms with Crippen LogP contribution in [-0.4, -0.2) is 18.2 Å². The van der Waals surface area contributed by atoms with Crippen LogP contribution in [0.25, 0.3) is 0 Å². The second-order valence-corrected chi connectivity index (χ2v) is 5.33. The Hall–Kier alpha value is -1.61. The van der Waals surface area contributed by atoms with Crippen LogP contribution in [0, 0.1) is 5.41 Å². The van der Waals surface area contributed by atoms with Crippen LogP contribution in [0.15, 0.2) is 36.9 Å². The highest BCUT2D eigenvalue weighted by molar-refractivity contribution is 5.79. The average Bonchev–Trinajstić information content (AvgIpc) is 2.43. The van der Waals surface area contributed by atoms with Gasteiger partial charge in [0.05, 0.1) is 12.5 Å². The van der Waals surface area contributed by atoms with Gasteiger partial charge in [-0.1, -0.05) is 30.3 Å².